The van der Waals surface area contributed by atoms with E-state index >= 15 is 0 Å². The van der Waals surface area contributed by atoms with Gasteiger partial charge in [0, 0.05) is 12.3 Å². The van der Waals surface area contributed by atoms with Gasteiger partial charge in [0.05, 0.1) is 14.2 Å². The van der Waals surface area contributed by atoms with Crippen molar-refractivity contribution in [2.75, 3.05) is 14.2 Å². The third kappa shape index (κ3) is 2.89. The molecule has 0 saturated heterocycles. The molecule has 0 N–H and O–H groups in total. The molecule has 1 aliphatic rings. The van der Waals surface area contributed by atoms with Crippen LogP contribution in [0.3, 0.4) is 0 Å². The van der Waals surface area contributed by atoms with Gasteiger partial charge in [-0.05, 0) is 23.1 Å². The van der Waals surface area contributed by atoms with E-state index in [4.69, 9.17) is 0 Å². The largest absolute Gasteiger partial charge is 0.468 e. The van der Waals surface area contributed by atoms with Gasteiger partial charge in [0.25, 0.3) is 0 Å². The number of carbonyl (C=O) groups is 2. The molecule has 0 aromatic heterocycles. The van der Waals surface area contributed by atoms with Gasteiger partial charge in [0.15, 0.2) is 5.92 Å². The molecule has 5 heteroatoms. The van der Waals surface area contributed by atoms with Crippen LogP contribution in [-0.4, -0.2) is 26.2 Å². The lowest BCUT2D eigenvalue weighted by Gasteiger charge is -2.27. The average molecular weight is 306 g/mol. The number of hydrogen-bond donors (Lipinski definition) is 0. The predicted molar refractivity (Wildman–Crippen MR) is 79.5 cm³/mol. The van der Waals surface area contributed by atoms with Gasteiger partial charge in [-0.1, -0.05) is 31.2 Å². The number of esters is 2. The Morgan fingerprint density at radius 2 is 1.68 bits per heavy atom. The summed E-state index contributed by atoms with van der Waals surface area (Å²) in [6, 6.07) is 7.45. The second-order valence-electron chi connectivity index (χ2n) is 5.29. The molecule has 0 amide bonds. The molecule has 0 spiro atoms. The number of rotatable bonds is 4. The summed E-state index contributed by atoms with van der Waals surface area (Å²) >= 11 is 0. The molecule has 0 fully saturated rings. The minimum Gasteiger partial charge on any atom is -0.468 e. The lowest BCUT2D eigenvalue weighted by Crippen LogP contribution is -2.33. The van der Waals surface area contributed by atoms with Gasteiger partial charge >= 0.3 is 11.9 Å². The van der Waals surface area contributed by atoms with Crippen LogP contribution in [-0.2, 0) is 25.5 Å². The Morgan fingerprint density at radius 3 is 2.27 bits per heavy atom. The van der Waals surface area contributed by atoms with E-state index in [1.165, 1.54) is 14.2 Å². The van der Waals surface area contributed by atoms with Crippen molar-refractivity contribution in [3.63, 3.8) is 0 Å². The van der Waals surface area contributed by atoms with E-state index < -0.39 is 23.8 Å². The lowest BCUT2D eigenvalue weighted by atomic mass is 9.78. The number of ether oxygens (including phenoxy) is 2. The normalized spacial score (nSPS) is 15.3. The molecule has 1 aliphatic carbocycles. The lowest BCUT2D eigenvalue weighted by molar-refractivity contribution is -0.160. The fourth-order valence-electron chi connectivity index (χ4n) is 2.94. The fraction of sp³-hybridized carbons (Fsp3) is 0.412. The summed E-state index contributed by atoms with van der Waals surface area (Å²) in [5, 5.41) is 0. The van der Waals surface area contributed by atoms with Crippen LogP contribution in [0.2, 0.25) is 0 Å². The van der Waals surface area contributed by atoms with Crippen molar-refractivity contribution in [1.29, 1.82) is 0 Å². The highest BCUT2D eigenvalue weighted by Gasteiger charge is 2.39. The third-order valence-electron chi connectivity index (χ3n) is 4.08. The topological polar surface area (TPSA) is 52.6 Å². The molecule has 1 aromatic carbocycles. The van der Waals surface area contributed by atoms with Crippen LogP contribution < -0.4 is 0 Å². The zero-order valence-electron chi connectivity index (χ0n) is 12.9. The van der Waals surface area contributed by atoms with E-state index in [9.17, 15) is 14.0 Å². The first-order chi connectivity index (χ1) is 10.5. The Labute approximate surface area is 128 Å². The van der Waals surface area contributed by atoms with Crippen molar-refractivity contribution in [1.82, 2.24) is 0 Å². The van der Waals surface area contributed by atoms with Crippen LogP contribution in [0.1, 0.15) is 24.5 Å². The first-order valence-corrected chi connectivity index (χ1v) is 7.13. The minimum atomic E-state index is -1.18. The van der Waals surface area contributed by atoms with E-state index in [-0.39, 0.29) is 12.2 Å². The van der Waals surface area contributed by atoms with Crippen molar-refractivity contribution < 1.29 is 23.5 Å². The first kappa shape index (κ1) is 16.2. The zero-order chi connectivity index (χ0) is 16.3. The number of halogens is 1. The zero-order valence-corrected chi connectivity index (χ0v) is 12.9. The molecule has 2 rings (SSSR count). The number of benzene rings is 1. The second-order valence-corrected chi connectivity index (χ2v) is 5.29. The molecule has 1 aromatic rings. The van der Waals surface area contributed by atoms with Gasteiger partial charge in [0.2, 0.25) is 0 Å². The molecular weight excluding hydrogens is 287 g/mol. The van der Waals surface area contributed by atoms with Crippen molar-refractivity contribution in [3.8, 4) is 0 Å². The van der Waals surface area contributed by atoms with E-state index in [1.807, 2.05) is 24.3 Å². The Morgan fingerprint density at radius 1 is 1.09 bits per heavy atom. The summed E-state index contributed by atoms with van der Waals surface area (Å²) in [6.45, 7) is 1.65. The number of methoxy groups -OCH3 is 2. The van der Waals surface area contributed by atoms with E-state index in [0.29, 0.717) is 12.0 Å². The molecule has 0 aliphatic heterocycles. The Bertz CT molecular complexity index is 605. The van der Waals surface area contributed by atoms with Crippen molar-refractivity contribution in [3.05, 3.63) is 41.2 Å². The molecule has 0 heterocycles. The molecule has 22 heavy (non-hydrogen) atoms. The number of fused-ring (bicyclic) bond motifs is 1. The fourth-order valence-corrected chi connectivity index (χ4v) is 2.94. The molecule has 1 atom stereocenters. The summed E-state index contributed by atoms with van der Waals surface area (Å²) in [7, 11) is 2.40. The molecule has 1 unspecified atom stereocenters. The van der Waals surface area contributed by atoms with E-state index in [0.717, 1.165) is 11.1 Å². The standard InChI is InChI=1S/C17H19FO4/c1-10(15(16(19)21-2)17(20)22-3)14-12-7-5-4-6-11(12)8-9-13(14)18/h4-7,10,15H,8-9H2,1-3H3. The number of carbonyl (C=O) groups excluding carboxylic acids is 2. The molecule has 0 bridgehead atoms. The molecule has 4 nitrogen and oxygen atoms in total. The van der Waals surface area contributed by atoms with Crippen LogP contribution in [0.25, 0.3) is 5.57 Å². The summed E-state index contributed by atoms with van der Waals surface area (Å²) in [6.07, 6.45) is 0.880. The van der Waals surface area contributed by atoms with Crippen molar-refractivity contribution in [2.24, 2.45) is 11.8 Å². The van der Waals surface area contributed by atoms with Crippen LogP contribution in [0, 0.1) is 11.8 Å². The summed E-state index contributed by atoms with van der Waals surface area (Å²) in [5.41, 5.74) is 2.15. The van der Waals surface area contributed by atoms with Gasteiger partial charge < -0.3 is 9.47 Å². The van der Waals surface area contributed by atoms with Gasteiger partial charge in [-0.15, -0.1) is 0 Å². The quantitative estimate of drug-likeness (QED) is 0.634. The monoisotopic (exact) mass is 306 g/mol. The van der Waals surface area contributed by atoms with Crippen molar-refractivity contribution in [2.45, 2.75) is 19.8 Å². The highest BCUT2D eigenvalue weighted by molar-refractivity contribution is 5.97. The molecule has 0 saturated carbocycles. The SMILES string of the molecule is COC(=O)C(C(=O)OC)C(C)C1=C(F)CCc2ccccc21. The maximum Gasteiger partial charge on any atom is 0.320 e. The Kier molecular flexibility index (Phi) is 4.96. The number of hydrogen-bond acceptors (Lipinski definition) is 4. The van der Waals surface area contributed by atoms with Crippen molar-refractivity contribution >= 4 is 17.5 Å². The molecule has 118 valence electrons. The molecule has 0 radical (unpaired) electrons. The van der Waals surface area contributed by atoms with Crippen LogP contribution >= 0.6 is 0 Å². The Hall–Kier alpha value is -2.17. The average Bonchev–Trinajstić information content (AvgIpc) is 2.54. The second kappa shape index (κ2) is 6.73. The van der Waals surface area contributed by atoms with Gasteiger partial charge in [-0.2, -0.15) is 0 Å². The van der Waals surface area contributed by atoms with Crippen LogP contribution in [0.5, 0.6) is 0 Å². The number of aryl methyl sites for hydroxylation is 1. The summed E-state index contributed by atoms with van der Waals surface area (Å²) < 4.78 is 23.8. The maximum absolute atomic E-state index is 14.4. The van der Waals surface area contributed by atoms with Crippen LogP contribution in [0.4, 0.5) is 4.39 Å². The highest BCUT2D eigenvalue weighted by Crippen LogP contribution is 2.40. The predicted octanol–water partition coefficient (Wildman–Crippen LogP) is 2.91. The number of allylic oxidation sites excluding steroid dienone is 2. The third-order valence-corrected chi connectivity index (χ3v) is 4.08. The Balaban J connectivity index is 2.47. The van der Waals surface area contributed by atoms with Gasteiger partial charge in [-0.3, -0.25) is 9.59 Å². The smallest absolute Gasteiger partial charge is 0.320 e. The minimum absolute atomic E-state index is 0.270. The highest BCUT2D eigenvalue weighted by atomic mass is 19.1. The summed E-state index contributed by atoms with van der Waals surface area (Å²) in [4.78, 5) is 23.9. The summed E-state index contributed by atoms with van der Waals surface area (Å²) in [5.74, 6) is -3.57. The maximum atomic E-state index is 14.4. The van der Waals surface area contributed by atoms with Gasteiger partial charge in [-0.25, -0.2) is 4.39 Å². The van der Waals surface area contributed by atoms with Crippen LogP contribution in [0.15, 0.2) is 30.1 Å². The van der Waals surface area contributed by atoms with E-state index in [2.05, 4.69) is 9.47 Å². The molecular formula is C17H19FO4. The van der Waals surface area contributed by atoms with Gasteiger partial charge in [0.1, 0.15) is 5.83 Å². The van der Waals surface area contributed by atoms with E-state index in [1.54, 1.807) is 6.92 Å². The first-order valence-electron chi connectivity index (χ1n) is 7.13.